The molecular formula is C25H23N3O2. The maximum atomic E-state index is 11.6. The van der Waals surface area contributed by atoms with Crippen LogP contribution >= 0.6 is 0 Å². The van der Waals surface area contributed by atoms with E-state index in [1.54, 1.807) is 6.20 Å². The second-order valence-electron chi connectivity index (χ2n) is 7.05. The number of amides is 1. The summed E-state index contributed by atoms with van der Waals surface area (Å²) >= 11 is 0. The minimum atomic E-state index is -0.143. The Morgan fingerprint density at radius 2 is 1.63 bits per heavy atom. The second-order valence-corrected chi connectivity index (χ2v) is 7.05. The van der Waals surface area contributed by atoms with Crippen LogP contribution in [0.5, 0.6) is 5.75 Å². The van der Waals surface area contributed by atoms with Crippen molar-refractivity contribution in [2.24, 2.45) is 0 Å². The van der Waals surface area contributed by atoms with Crippen molar-refractivity contribution in [2.45, 2.75) is 0 Å². The van der Waals surface area contributed by atoms with Crippen LogP contribution in [-0.4, -0.2) is 17.5 Å². The molecule has 5 nitrogen and oxygen atoms in total. The van der Waals surface area contributed by atoms with Gasteiger partial charge in [0.15, 0.2) is 6.61 Å². The zero-order valence-corrected chi connectivity index (χ0v) is 16.1. The minimum absolute atomic E-state index is 0. The van der Waals surface area contributed by atoms with E-state index in [0.717, 1.165) is 28.2 Å². The van der Waals surface area contributed by atoms with Crippen LogP contribution in [0.15, 0.2) is 91.1 Å². The molecule has 5 rings (SSSR count). The second kappa shape index (κ2) is 7.72. The lowest BCUT2D eigenvalue weighted by Gasteiger charge is -2.18. The molecule has 0 radical (unpaired) electrons. The zero-order valence-electron chi connectivity index (χ0n) is 16.1. The highest BCUT2D eigenvalue weighted by atomic mass is 16.5. The minimum Gasteiger partial charge on any atom is -0.482 e. The fourth-order valence-electron chi connectivity index (χ4n) is 3.50. The van der Waals surface area contributed by atoms with Crippen LogP contribution in [0.1, 0.15) is 2.85 Å². The van der Waals surface area contributed by atoms with E-state index in [1.165, 1.54) is 5.56 Å². The van der Waals surface area contributed by atoms with Gasteiger partial charge in [0.05, 0.1) is 5.69 Å². The average molecular weight is 397 g/mol. The Kier molecular flexibility index (Phi) is 4.62. The molecule has 2 heterocycles. The van der Waals surface area contributed by atoms with Crippen LogP contribution in [0.3, 0.4) is 0 Å². The molecule has 30 heavy (non-hydrogen) atoms. The van der Waals surface area contributed by atoms with Crippen molar-refractivity contribution in [1.29, 1.82) is 0 Å². The number of hydrogen-bond acceptors (Lipinski definition) is 4. The first kappa shape index (κ1) is 17.9. The van der Waals surface area contributed by atoms with E-state index in [2.05, 4.69) is 39.9 Å². The van der Waals surface area contributed by atoms with Crippen LogP contribution in [0, 0.1) is 0 Å². The number of ether oxygens (including phenoxy) is 1. The Hall–Kier alpha value is -4.12. The Morgan fingerprint density at radius 1 is 0.833 bits per heavy atom. The van der Waals surface area contributed by atoms with Crippen LogP contribution in [0.4, 0.5) is 17.2 Å². The van der Waals surface area contributed by atoms with Crippen LogP contribution in [0.25, 0.3) is 22.3 Å². The monoisotopic (exact) mass is 397 g/mol. The first-order valence-corrected chi connectivity index (χ1v) is 9.70. The normalized spacial score (nSPS) is 12.5. The molecule has 0 spiro atoms. The fraction of sp³-hybridized carbons (Fsp3) is 0.0400. The summed E-state index contributed by atoms with van der Waals surface area (Å²) < 4.78 is 5.44. The molecule has 150 valence electrons. The molecule has 0 aliphatic carbocycles. The Balaban J connectivity index is 0.00000144. The zero-order chi connectivity index (χ0) is 20.3. The van der Waals surface area contributed by atoms with Gasteiger partial charge in [-0.3, -0.25) is 4.79 Å². The van der Waals surface area contributed by atoms with E-state index in [9.17, 15) is 4.79 Å². The quantitative estimate of drug-likeness (QED) is 0.444. The Bertz CT molecular complexity index is 1230. The highest BCUT2D eigenvalue weighted by Gasteiger charge is 2.16. The van der Waals surface area contributed by atoms with Crippen molar-refractivity contribution in [3.8, 4) is 28.0 Å². The number of nitrogens with one attached hydrogen (secondary N) is 2. The van der Waals surface area contributed by atoms with Gasteiger partial charge >= 0.3 is 0 Å². The van der Waals surface area contributed by atoms with Gasteiger partial charge in [0.25, 0.3) is 5.91 Å². The van der Waals surface area contributed by atoms with Gasteiger partial charge in [0, 0.05) is 14.7 Å². The molecule has 0 atom stereocenters. The third-order valence-corrected chi connectivity index (χ3v) is 4.95. The Morgan fingerprint density at radius 3 is 2.53 bits per heavy atom. The predicted molar refractivity (Wildman–Crippen MR) is 123 cm³/mol. The molecule has 0 saturated heterocycles. The van der Waals surface area contributed by atoms with Crippen molar-refractivity contribution in [1.82, 2.24) is 4.98 Å². The molecule has 0 unspecified atom stereocenters. The number of fused-ring (bicyclic) bond motifs is 1. The predicted octanol–water partition coefficient (Wildman–Crippen LogP) is 5.98. The summed E-state index contributed by atoms with van der Waals surface area (Å²) in [6, 6.07) is 28.2. The van der Waals surface area contributed by atoms with Gasteiger partial charge in [-0.15, -0.1) is 0 Å². The molecular weight excluding hydrogens is 374 g/mol. The van der Waals surface area contributed by atoms with Gasteiger partial charge in [-0.1, -0.05) is 48.5 Å². The molecule has 0 bridgehead atoms. The SMILES string of the molecule is O=C1COc2ccc(-c3ccnc(Nc4cccc(-c5ccccc5)c4)c3)cc2N1.[HH].[HH]. The molecule has 5 heteroatoms. The molecule has 3 aromatic carbocycles. The maximum Gasteiger partial charge on any atom is 0.262 e. The molecule has 4 aromatic rings. The number of carbonyl (C=O) groups excluding carboxylic acids is 1. The highest BCUT2D eigenvalue weighted by molar-refractivity contribution is 5.96. The summed E-state index contributed by atoms with van der Waals surface area (Å²) in [6.45, 7) is 0.0533. The first-order chi connectivity index (χ1) is 14.7. The molecule has 0 fully saturated rings. The number of benzene rings is 3. The van der Waals surface area contributed by atoms with Crippen molar-refractivity contribution < 1.29 is 12.4 Å². The number of hydrogen-bond donors (Lipinski definition) is 2. The molecule has 1 amide bonds. The van der Waals surface area contributed by atoms with Gasteiger partial charge in [0.2, 0.25) is 0 Å². The molecule has 0 saturated carbocycles. The Labute approximate surface area is 177 Å². The topological polar surface area (TPSA) is 63.2 Å². The lowest BCUT2D eigenvalue weighted by Crippen LogP contribution is -2.25. The summed E-state index contributed by atoms with van der Waals surface area (Å²) in [5.74, 6) is 1.29. The molecule has 1 aromatic heterocycles. The van der Waals surface area contributed by atoms with E-state index >= 15 is 0 Å². The van der Waals surface area contributed by atoms with Crippen LogP contribution < -0.4 is 15.4 Å². The summed E-state index contributed by atoms with van der Waals surface area (Å²) in [5.41, 5.74) is 5.93. The van der Waals surface area contributed by atoms with Gasteiger partial charge in [-0.05, 0) is 58.7 Å². The smallest absolute Gasteiger partial charge is 0.262 e. The number of carbonyl (C=O) groups is 1. The number of pyridine rings is 1. The lowest BCUT2D eigenvalue weighted by atomic mass is 10.0. The van der Waals surface area contributed by atoms with Gasteiger partial charge in [0.1, 0.15) is 11.6 Å². The van der Waals surface area contributed by atoms with Crippen molar-refractivity contribution in [3.05, 3.63) is 91.1 Å². The molecule has 2 N–H and O–H groups in total. The fourth-order valence-corrected chi connectivity index (χ4v) is 3.50. The van der Waals surface area contributed by atoms with E-state index in [-0.39, 0.29) is 15.4 Å². The average Bonchev–Trinajstić information content (AvgIpc) is 2.79. The first-order valence-electron chi connectivity index (χ1n) is 9.70. The van der Waals surface area contributed by atoms with Crippen molar-refractivity contribution >= 4 is 23.1 Å². The van der Waals surface area contributed by atoms with E-state index < -0.39 is 0 Å². The van der Waals surface area contributed by atoms with Crippen LogP contribution in [0.2, 0.25) is 0 Å². The third-order valence-electron chi connectivity index (χ3n) is 4.95. The maximum absolute atomic E-state index is 11.6. The number of aromatic nitrogens is 1. The van der Waals surface area contributed by atoms with Gasteiger partial charge in [-0.25, -0.2) is 4.98 Å². The van der Waals surface area contributed by atoms with Crippen LogP contribution in [-0.2, 0) is 4.79 Å². The summed E-state index contributed by atoms with van der Waals surface area (Å²) in [6.07, 6.45) is 1.77. The number of rotatable bonds is 4. The van der Waals surface area contributed by atoms with E-state index in [4.69, 9.17) is 4.74 Å². The summed E-state index contributed by atoms with van der Waals surface area (Å²) in [5, 5.41) is 6.24. The third kappa shape index (κ3) is 3.73. The highest BCUT2D eigenvalue weighted by Crippen LogP contribution is 2.33. The van der Waals surface area contributed by atoms with E-state index in [0.29, 0.717) is 11.4 Å². The van der Waals surface area contributed by atoms with Gasteiger partial charge < -0.3 is 15.4 Å². The lowest BCUT2D eigenvalue weighted by molar-refractivity contribution is -0.118. The molecule has 1 aliphatic rings. The van der Waals surface area contributed by atoms with Gasteiger partial charge in [-0.2, -0.15) is 0 Å². The summed E-state index contributed by atoms with van der Waals surface area (Å²) in [7, 11) is 0. The molecule has 1 aliphatic heterocycles. The van der Waals surface area contributed by atoms with Crippen molar-refractivity contribution in [3.63, 3.8) is 0 Å². The standard InChI is InChI=1S/C25H19N3O2.2H2/c29-25-16-30-23-10-9-19(14-22(23)28-25)20-11-12-26-24(15-20)27-21-8-4-7-18(13-21)17-5-2-1-3-6-17;;/h1-15H,16H2,(H,26,27)(H,28,29);2*1H. The number of nitrogens with zero attached hydrogens (tertiary/aromatic N) is 1. The largest absolute Gasteiger partial charge is 0.482 e. The number of anilines is 3. The summed E-state index contributed by atoms with van der Waals surface area (Å²) in [4.78, 5) is 16.1. The van der Waals surface area contributed by atoms with E-state index in [1.807, 2.05) is 60.7 Å². The van der Waals surface area contributed by atoms with Crippen molar-refractivity contribution in [2.75, 3.05) is 17.2 Å².